The maximum atomic E-state index is 13.1. The molecule has 4 unspecified atom stereocenters. The van der Waals surface area contributed by atoms with E-state index < -0.39 is 5.41 Å². The van der Waals surface area contributed by atoms with Gasteiger partial charge in [0.2, 0.25) is 0 Å². The fourth-order valence-corrected chi connectivity index (χ4v) is 5.53. The van der Waals surface area contributed by atoms with E-state index >= 15 is 0 Å². The maximum Gasteiger partial charge on any atom is 0.316 e. The Hall–Kier alpha value is -2.15. The standard InChI is InChI=1S/C22H29N3O3/c1-4-13-11-25(2)19-9-15-14-7-5-6-8-18(14)24-20(15)17(23)10-16(13)22(19,12-26)21(27)28-3/h4-8,16-17,19,24,26H,9-12,23H2,1-3H3. The number of aromatic amines is 1. The molecule has 0 spiro atoms. The molecule has 6 heteroatoms. The third-order valence-electron chi connectivity index (χ3n) is 6.93. The first kappa shape index (κ1) is 19.2. The number of hydrogen-bond acceptors (Lipinski definition) is 5. The van der Waals surface area contributed by atoms with Gasteiger partial charge in [-0.05, 0) is 38.4 Å². The molecular formula is C22H29N3O3. The van der Waals surface area contributed by atoms with Gasteiger partial charge in [-0.3, -0.25) is 9.69 Å². The van der Waals surface area contributed by atoms with Crippen LogP contribution in [0.1, 0.15) is 30.6 Å². The molecule has 0 saturated carbocycles. The number of benzene rings is 1. The molecule has 1 aromatic carbocycles. The summed E-state index contributed by atoms with van der Waals surface area (Å²) in [5.41, 5.74) is 10.0. The van der Waals surface area contributed by atoms with Gasteiger partial charge in [0.1, 0.15) is 5.41 Å². The van der Waals surface area contributed by atoms with Gasteiger partial charge in [-0.15, -0.1) is 0 Å². The van der Waals surface area contributed by atoms with Gasteiger partial charge < -0.3 is 20.6 Å². The second kappa shape index (κ2) is 7.03. The summed E-state index contributed by atoms with van der Waals surface area (Å²) >= 11 is 0. The number of piperidine rings is 1. The van der Waals surface area contributed by atoms with Crippen LogP contribution in [0.4, 0.5) is 0 Å². The van der Waals surface area contributed by atoms with Crippen LogP contribution in [0.15, 0.2) is 35.9 Å². The molecule has 150 valence electrons. The number of aromatic nitrogens is 1. The highest BCUT2D eigenvalue weighted by molar-refractivity contribution is 5.86. The van der Waals surface area contributed by atoms with E-state index in [0.29, 0.717) is 12.8 Å². The van der Waals surface area contributed by atoms with Gasteiger partial charge in [0.25, 0.3) is 0 Å². The third kappa shape index (κ3) is 2.55. The summed E-state index contributed by atoms with van der Waals surface area (Å²) in [5.74, 6) is -0.517. The number of nitrogens with two attached hydrogens (primary N) is 1. The number of nitrogens with one attached hydrogen (secondary N) is 1. The van der Waals surface area contributed by atoms with Crippen molar-refractivity contribution < 1.29 is 14.6 Å². The van der Waals surface area contributed by atoms with Crippen LogP contribution < -0.4 is 5.73 Å². The Kier molecular flexibility index (Phi) is 4.81. The molecule has 4 N–H and O–H groups in total. The van der Waals surface area contributed by atoms with Crippen molar-refractivity contribution in [1.29, 1.82) is 0 Å². The summed E-state index contributed by atoms with van der Waals surface area (Å²) in [5, 5.41) is 11.7. The fraction of sp³-hybridized carbons (Fsp3) is 0.500. The number of para-hydroxylation sites is 1. The van der Waals surface area contributed by atoms with Crippen molar-refractivity contribution in [2.45, 2.75) is 31.8 Å². The Morgan fingerprint density at radius 1 is 1.46 bits per heavy atom. The van der Waals surface area contributed by atoms with Gasteiger partial charge in [0.05, 0.1) is 13.7 Å². The van der Waals surface area contributed by atoms with Crippen molar-refractivity contribution in [2.24, 2.45) is 17.1 Å². The molecule has 2 aliphatic rings. The van der Waals surface area contributed by atoms with Gasteiger partial charge >= 0.3 is 5.97 Å². The second-order valence-electron chi connectivity index (χ2n) is 8.15. The number of H-pyrrole nitrogens is 1. The predicted octanol–water partition coefficient (Wildman–Crippen LogP) is 2.14. The predicted molar refractivity (Wildman–Crippen MR) is 109 cm³/mol. The first-order chi connectivity index (χ1) is 13.5. The number of hydrogen-bond donors (Lipinski definition) is 3. The monoisotopic (exact) mass is 383 g/mol. The lowest BCUT2D eigenvalue weighted by atomic mass is 9.59. The number of aliphatic hydroxyl groups excluding tert-OH is 1. The zero-order valence-corrected chi connectivity index (χ0v) is 16.7. The van der Waals surface area contributed by atoms with E-state index in [9.17, 15) is 9.90 Å². The highest BCUT2D eigenvalue weighted by atomic mass is 16.5. The van der Waals surface area contributed by atoms with E-state index in [1.165, 1.54) is 7.11 Å². The summed E-state index contributed by atoms with van der Waals surface area (Å²) in [6, 6.07) is 7.75. The third-order valence-corrected chi connectivity index (χ3v) is 6.93. The average molecular weight is 383 g/mol. The van der Waals surface area contributed by atoms with Crippen LogP contribution >= 0.6 is 0 Å². The van der Waals surface area contributed by atoms with E-state index in [-0.39, 0.29) is 30.6 Å². The molecule has 2 aromatic rings. The van der Waals surface area contributed by atoms with Gasteiger partial charge in [-0.2, -0.15) is 0 Å². The second-order valence-corrected chi connectivity index (χ2v) is 8.15. The first-order valence-electron chi connectivity index (χ1n) is 9.87. The number of methoxy groups -OCH3 is 1. The number of rotatable bonds is 2. The molecule has 4 atom stereocenters. The van der Waals surface area contributed by atoms with E-state index in [1.54, 1.807) is 0 Å². The normalized spacial score (nSPS) is 32.0. The summed E-state index contributed by atoms with van der Waals surface area (Å²) in [4.78, 5) is 18.8. The smallest absolute Gasteiger partial charge is 0.316 e. The topological polar surface area (TPSA) is 91.6 Å². The zero-order chi connectivity index (χ0) is 20.1. The van der Waals surface area contributed by atoms with Crippen molar-refractivity contribution in [3.8, 4) is 0 Å². The maximum absolute atomic E-state index is 13.1. The van der Waals surface area contributed by atoms with Crippen LogP contribution in [0.3, 0.4) is 0 Å². The summed E-state index contributed by atoms with van der Waals surface area (Å²) in [6.45, 7) is 2.48. The van der Waals surface area contributed by atoms with Crippen LogP contribution in [0, 0.1) is 11.3 Å². The molecule has 4 rings (SSSR count). The number of likely N-dealkylation sites (tertiary alicyclic amines) is 1. The lowest BCUT2D eigenvalue weighted by Crippen LogP contribution is -2.63. The molecule has 1 aliphatic carbocycles. The molecule has 0 radical (unpaired) electrons. The number of aliphatic hydroxyl groups is 1. The summed E-state index contributed by atoms with van der Waals surface area (Å²) in [6.07, 6.45) is 3.28. The van der Waals surface area contributed by atoms with Crippen molar-refractivity contribution in [3.05, 3.63) is 47.2 Å². The Bertz CT molecular complexity index is 934. The van der Waals surface area contributed by atoms with Gasteiger partial charge in [0, 0.05) is 41.1 Å². The lowest BCUT2D eigenvalue weighted by Gasteiger charge is -2.53. The Labute approximate surface area is 165 Å². The molecular weight excluding hydrogens is 354 g/mol. The number of likely N-dealkylation sites (N-methyl/N-ethyl adjacent to an activating group) is 1. The van der Waals surface area contributed by atoms with Crippen LogP contribution in [0.5, 0.6) is 0 Å². The van der Waals surface area contributed by atoms with Gasteiger partial charge in [0.15, 0.2) is 0 Å². The number of carbonyl (C=O) groups is 1. The van der Waals surface area contributed by atoms with Crippen molar-refractivity contribution in [3.63, 3.8) is 0 Å². The molecule has 28 heavy (non-hydrogen) atoms. The van der Waals surface area contributed by atoms with Crippen LogP contribution in [-0.4, -0.2) is 54.3 Å². The first-order valence-corrected chi connectivity index (χ1v) is 9.87. The number of ether oxygens (including phenoxy) is 1. The average Bonchev–Trinajstić information content (AvgIpc) is 3.07. The largest absolute Gasteiger partial charge is 0.468 e. The van der Waals surface area contributed by atoms with Crippen molar-refractivity contribution in [1.82, 2.24) is 9.88 Å². The number of fused-ring (bicyclic) bond motifs is 5. The Balaban J connectivity index is 1.97. The number of nitrogens with zero attached hydrogens (tertiary/aromatic N) is 1. The van der Waals surface area contributed by atoms with Gasteiger partial charge in [-0.25, -0.2) is 0 Å². The van der Waals surface area contributed by atoms with Crippen molar-refractivity contribution >= 4 is 16.9 Å². The SMILES string of the molecule is CC=C1CN(C)C2Cc3c([nH]c4ccccc34)C(N)CC1C2(CO)C(=O)OC. The highest BCUT2D eigenvalue weighted by Gasteiger charge is 2.58. The highest BCUT2D eigenvalue weighted by Crippen LogP contribution is 2.50. The minimum Gasteiger partial charge on any atom is -0.468 e. The van der Waals surface area contributed by atoms with Crippen LogP contribution in [0.2, 0.25) is 0 Å². The molecule has 0 amide bonds. The van der Waals surface area contributed by atoms with Crippen molar-refractivity contribution in [2.75, 3.05) is 27.3 Å². The summed E-state index contributed by atoms with van der Waals surface area (Å²) < 4.78 is 5.25. The molecule has 1 saturated heterocycles. The fourth-order valence-electron chi connectivity index (χ4n) is 5.53. The van der Waals surface area contributed by atoms with Crippen LogP contribution in [-0.2, 0) is 16.0 Å². The molecule has 6 nitrogen and oxygen atoms in total. The lowest BCUT2D eigenvalue weighted by molar-refractivity contribution is -0.169. The zero-order valence-electron chi connectivity index (χ0n) is 16.7. The quantitative estimate of drug-likeness (QED) is 0.546. The minimum atomic E-state index is -1.03. The number of carbonyl (C=O) groups excluding carboxylic acids is 1. The van der Waals surface area contributed by atoms with E-state index in [2.05, 4.69) is 28.1 Å². The molecule has 1 fully saturated rings. The molecule has 1 aromatic heterocycles. The molecule has 2 heterocycles. The van der Waals surface area contributed by atoms with E-state index in [1.807, 2.05) is 26.1 Å². The van der Waals surface area contributed by atoms with Crippen LogP contribution in [0.25, 0.3) is 10.9 Å². The summed E-state index contributed by atoms with van der Waals surface area (Å²) in [7, 11) is 3.43. The van der Waals surface area contributed by atoms with Gasteiger partial charge in [-0.1, -0.05) is 29.8 Å². The Morgan fingerprint density at radius 3 is 2.89 bits per heavy atom. The van der Waals surface area contributed by atoms with E-state index in [0.717, 1.165) is 34.3 Å². The Morgan fingerprint density at radius 2 is 2.21 bits per heavy atom. The number of esters is 1. The molecule has 2 bridgehead atoms. The molecule has 1 aliphatic heterocycles. The van der Waals surface area contributed by atoms with E-state index in [4.69, 9.17) is 10.5 Å². The minimum absolute atomic E-state index is 0.161. The number of allylic oxidation sites excluding steroid dienone is 1.